The molecule has 0 saturated carbocycles. The second-order valence-electron chi connectivity index (χ2n) is 36.2. The number of nitrogens with zero attached hydrogens (tertiary/aromatic N) is 1. The van der Waals surface area contributed by atoms with Crippen LogP contribution in [-0.2, 0) is 112 Å². The van der Waals surface area contributed by atoms with Crippen molar-refractivity contribution in [3.63, 3.8) is 0 Å². The average molecular weight is 2010 g/mol. The van der Waals surface area contributed by atoms with Crippen LogP contribution in [-0.4, -0.2) is 278 Å². The third kappa shape index (κ3) is 45.6. The van der Waals surface area contributed by atoms with Gasteiger partial charge in [0, 0.05) is 64.9 Å². The molecule has 0 saturated heterocycles. The second kappa shape index (κ2) is 61.3. The number of nitrogens with two attached hydrogens (primary N) is 6. The van der Waals surface area contributed by atoms with Crippen LogP contribution in [0.1, 0.15) is 169 Å². The highest BCUT2D eigenvalue weighted by Crippen LogP contribution is 2.19. The zero-order chi connectivity index (χ0) is 107. The smallest absolute Gasteiger partial charge is 0.245 e. The number of rotatable bonds is 64. The minimum Gasteiger partial charge on any atom is -0.508 e. The number of aromatic hydroxyl groups is 2. The number of guanidine groups is 3. The summed E-state index contributed by atoms with van der Waals surface area (Å²) in [5.41, 5.74) is 35.1. The molecule has 1 heterocycles. The number of phenols is 2. The lowest BCUT2D eigenvalue weighted by atomic mass is 9.98. The van der Waals surface area contributed by atoms with E-state index in [9.17, 15) is 97.1 Å². The third-order valence-electron chi connectivity index (χ3n) is 22.0. The molecule has 0 radical (unpaired) electrons. The Balaban J connectivity index is 1.64. The van der Waals surface area contributed by atoms with Crippen molar-refractivity contribution in [3.8, 4) is 11.5 Å². The highest BCUT2D eigenvalue weighted by atomic mass is 16.3. The van der Waals surface area contributed by atoms with Crippen LogP contribution in [0, 0.1) is 39.9 Å². The number of nitrogens with one attached hydrogen (secondary N) is 22. The molecule has 51 nitrogen and oxygen atoms in total. The molecule has 4 rings (SSSR count). The van der Waals surface area contributed by atoms with Gasteiger partial charge in [-0.2, -0.15) is 0 Å². The second-order valence-corrected chi connectivity index (χ2v) is 36.2. The lowest BCUT2D eigenvalue weighted by molar-refractivity contribution is -0.138. The SMILES string of the molecule is CC(=O)N[C@@H](Cc1ccc(O)cc1)C(=O)N[C@@H](CO)C(=O)N[C@@H](CC(C)C)C(=O)N[C@@H](CCCNC(=N)N)C(=O)N[C@@H](Cc1c[nH]cn1)C(=O)N[C@@H](Cc1ccccc1)C(=O)N[C@@H](CC(C)C)C(=O)N[C@@H](CC(N)=O)C(=O)N[C@@H](CC(C)C)C(=O)N[C@H](C(=O)N[C@H](C(=O)N[C@@H](CCCNC(=N)N)C(=O)N[C@@H](CCC(N)=O)C(=O)N[C@@H](CCCNC(=N)N)C(=O)N[C@@H](Cc1ccc(O)cc1)C(N)=O)[C@@H](C)O)C(C)C. The van der Waals surface area contributed by atoms with E-state index in [1.54, 1.807) is 71.9 Å². The van der Waals surface area contributed by atoms with Crippen LogP contribution in [0.2, 0.25) is 0 Å². The number of phenolic OH excluding ortho intramolecular Hbond substituents is 2. The van der Waals surface area contributed by atoms with Gasteiger partial charge in [0.15, 0.2) is 17.9 Å². The van der Waals surface area contributed by atoms with Gasteiger partial charge in [-0.25, -0.2) is 4.98 Å². The fourth-order valence-corrected chi connectivity index (χ4v) is 14.6. The summed E-state index contributed by atoms with van der Waals surface area (Å²) in [6, 6.07) is -4.68. The first-order chi connectivity index (χ1) is 67.3. The fraction of sp³-hybridized carbons (Fsp3) is 0.543. The van der Waals surface area contributed by atoms with Gasteiger partial charge in [-0.3, -0.25) is 103 Å². The lowest BCUT2D eigenvalue weighted by Crippen LogP contribution is -2.63. The minimum atomic E-state index is -1.96. The predicted octanol–water partition coefficient (Wildman–Crippen LogP) is -7.03. The Kier molecular flexibility index (Phi) is 51.4. The van der Waals surface area contributed by atoms with Crippen molar-refractivity contribution in [1.29, 1.82) is 16.2 Å². The molecule has 0 aliphatic rings. The van der Waals surface area contributed by atoms with E-state index in [1.807, 2.05) is 0 Å². The standard InChI is InChI=1S/C92H143N29O22/c1-46(2)35-63(115-87(141)70(44-122)119-82(136)66(107-51(10)124)40-54-24-28-57(126)29-25-54)80(134)109-59(20-15-33-104-91(98)99)78(132)117-68(41-55-43-102-45-106-55)84(138)116-67(39-52-17-12-11-13-18-52)83(137)113-64(36-47(3)4)81(135)118-69(42-72(94)128)85(139)114-65(37-48(5)6)86(140)120-73(49(7)8)88(142)121-74(50(9)123)89(143)111-60(21-16-34-105-92(100)101)76(130)110-61(30-31-71(93)127)79(133)108-58(19-14-32-103-90(96)97)77(131)112-62(75(95)129)38-53-22-26-56(125)27-23-53/h11-13,17-18,22-29,43,45-50,58-70,73-74,122-123,125-126H,14-16,19-21,30-42,44H2,1-10H3,(H2,93,127)(H2,94,128)(H2,95,129)(H,102,106)(H,107,124)(H,108,133)(H,109,134)(H,110,130)(H,111,143)(H,112,131)(H,113,137)(H,114,139)(H,115,141)(H,116,138)(H,117,132)(H,118,135)(H,119,136)(H,120,140)(H,121,142)(H4,96,97,103)(H4,98,99,104)(H4,100,101,105)/t50-,58+,59+,60+,61+,62+,63+,64+,65+,66+,67+,68+,69+,70+,73+,74+/m1/s1. The number of hydrogen-bond acceptors (Lipinski definition) is 26. The van der Waals surface area contributed by atoms with E-state index < -0.39 is 265 Å². The van der Waals surface area contributed by atoms with Gasteiger partial charge >= 0.3 is 0 Å². The molecule has 0 spiro atoms. The molecule has 0 aliphatic heterocycles. The van der Waals surface area contributed by atoms with Gasteiger partial charge in [0.05, 0.1) is 31.2 Å². The Morgan fingerprint density at radius 1 is 0.350 bits per heavy atom. The topological polar surface area (TPSA) is 861 Å². The highest BCUT2D eigenvalue weighted by Gasteiger charge is 2.41. The van der Waals surface area contributed by atoms with Gasteiger partial charge in [-0.15, -0.1) is 0 Å². The number of carbonyl (C=O) groups excluding carboxylic acids is 18. The molecule has 16 atom stereocenters. The molecule has 0 unspecified atom stereocenters. The average Bonchev–Trinajstić information content (AvgIpc) is 1.47. The largest absolute Gasteiger partial charge is 0.508 e. The molecular weight excluding hydrogens is 1860 g/mol. The summed E-state index contributed by atoms with van der Waals surface area (Å²) in [6.45, 7) is 14.3. The van der Waals surface area contributed by atoms with Crippen LogP contribution >= 0.6 is 0 Å². The maximum absolute atomic E-state index is 15.1. The number of carbonyl (C=O) groups is 18. The van der Waals surface area contributed by atoms with E-state index in [-0.39, 0.29) is 126 Å². The maximum Gasteiger partial charge on any atom is 0.245 e. The molecule has 143 heavy (non-hydrogen) atoms. The highest BCUT2D eigenvalue weighted by molar-refractivity contribution is 6.02. The number of H-pyrrole nitrogens is 1. The van der Waals surface area contributed by atoms with Crippen LogP contribution in [0.5, 0.6) is 11.5 Å². The van der Waals surface area contributed by atoms with Crippen molar-refractivity contribution in [2.24, 2.45) is 58.1 Å². The summed E-state index contributed by atoms with van der Waals surface area (Å²) < 4.78 is 0. The van der Waals surface area contributed by atoms with Crippen molar-refractivity contribution in [2.45, 2.75) is 269 Å². The zero-order valence-electron chi connectivity index (χ0n) is 81.9. The van der Waals surface area contributed by atoms with Gasteiger partial charge in [0.2, 0.25) is 106 Å². The number of amides is 18. The molecule has 788 valence electrons. The third-order valence-corrected chi connectivity index (χ3v) is 22.0. The quantitative estimate of drug-likeness (QED) is 0.0111. The summed E-state index contributed by atoms with van der Waals surface area (Å²) in [6.07, 6.45) is -3.15. The van der Waals surface area contributed by atoms with Gasteiger partial charge < -0.3 is 156 Å². The van der Waals surface area contributed by atoms with Crippen LogP contribution in [0.25, 0.3) is 0 Å². The van der Waals surface area contributed by atoms with E-state index in [4.69, 9.17) is 50.6 Å². The van der Waals surface area contributed by atoms with Crippen molar-refractivity contribution in [2.75, 3.05) is 26.2 Å². The Morgan fingerprint density at radius 2 is 0.657 bits per heavy atom. The Labute approximate surface area is 827 Å². The van der Waals surface area contributed by atoms with Gasteiger partial charge in [0.25, 0.3) is 0 Å². The molecule has 0 aliphatic carbocycles. The number of hydrogen-bond donors (Lipinski definition) is 32. The van der Waals surface area contributed by atoms with Crippen molar-refractivity contribution in [1.82, 2.24) is 106 Å². The minimum absolute atomic E-state index is 0.00782. The van der Waals surface area contributed by atoms with Gasteiger partial charge in [-0.1, -0.05) is 110 Å². The van der Waals surface area contributed by atoms with E-state index >= 15 is 9.59 Å². The van der Waals surface area contributed by atoms with Crippen LogP contribution in [0.3, 0.4) is 0 Å². The van der Waals surface area contributed by atoms with Crippen molar-refractivity contribution >= 4 is 124 Å². The fourth-order valence-electron chi connectivity index (χ4n) is 14.6. The molecule has 0 bridgehead atoms. The Bertz CT molecular complexity index is 4950. The van der Waals surface area contributed by atoms with Crippen molar-refractivity contribution in [3.05, 3.63) is 114 Å². The maximum atomic E-state index is 15.1. The zero-order valence-corrected chi connectivity index (χ0v) is 81.9. The molecule has 18 amide bonds. The molecule has 4 aromatic rings. The summed E-state index contributed by atoms with van der Waals surface area (Å²) in [5, 5.41) is 110. The first-order valence-electron chi connectivity index (χ1n) is 46.8. The first kappa shape index (κ1) is 120. The normalized spacial score (nSPS) is 14.5. The Morgan fingerprint density at radius 3 is 1.01 bits per heavy atom. The molecule has 3 aromatic carbocycles. The lowest BCUT2D eigenvalue weighted by Gasteiger charge is -2.30. The van der Waals surface area contributed by atoms with Gasteiger partial charge in [-0.05, 0) is 136 Å². The molecular formula is C92H143N29O22. The molecule has 1 aromatic heterocycles. The molecule has 38 N–H and O–H groups in total. The van der Waals surface area contributed by atoms with E-state index in [0.717, 1.165) is 13.8 Å². The summed E-state index contributed by atoms with van der Waals surface area (Å²) >= 11 is 0. The van der Waals surface area contributed by atoms with Gasteiger partial charge in [0.1, 0.15) is 102 Å². The van der Waals surface area contributed by atoms with Crippen LogP contribution < -0.4 is 130 Å². The van der Waals surface area contributed by atoms with Crippen molar-refractivity contribution < 1.29 is 107 Å². The van der Waals surface area contributed by atoms with E-state index in [1.165, 1.54) is 74.9 Å². The monoisotopic (exact) mass is 2010 g/mol. The van der Waals surface area contributed by atoms with Crippen LogP contribution in [0.4, 0.5) is 0 Å². The van der Waals surface area contributed by atoms with E-state index in [0.29, 0.717) is 16.7 Å². The molecule has 51 heteroatoms. The first-order valence-corrected chi connectivity index (χ1v) is 46.8. The summed E-state index contributed by atoms with van der Waals surface area (Å²) in [4.78, 5) is 261. The number of imidazole rings is 1. The number of aromatic amines is 1. The van der Waals surface area contributed by atoms with Crippen LogP contribution in [0.15, 0.2) is 91.4 Å². The number of benzene rings is 3. The summed E-state index contributed by atoms with van der Waals surface area (Å²) in [7, 11) is 0. The predicted molar refractivity (Wildman–Crippen MR) is 522 cm³/mol. The number of primary amides is 3. The van der Waals surface area contributed by atoms with E-state index in [2.05, 4.69) is 106 Å². The number of aliphatic hydroxyl groups is 2. The molecule has 0 fully saturated rings. The number of aromatic nitrogens is 2. The Hall–Kier alpha value is -15.3. The summed E-state index contributed by atoms with van der Waals surface area (Å²) in [5.74, 6) is -21.9. The number of aliphatic hydroxyl groups excluding tert-OH is 2.